The van der Waals surface area contributed by atoms with Gasteiger partial charge in [0.25, 0.3) is 0 Å². The quantitative estimate of drug-likeness (QED) is 0.289. The van der Waals surface area contributed by atoms with Crippen LogP contribution in [0, 0.1) is 11.3 Å². The Morgan fingerprint density at radius 1 is 1.09 bits per heavy atom. The number of benzene rings is 1. The van der Waals surface area contributed by atoms with Crippen molar-refractivity contribution in [2.24, 2.45) is 0 Å². The summed E-state index contributed by atoms with van der Waals surface area (Å²) in [5.74, 6) is 1.42. The van der Waals surface area contributed by atoms with Crippen molar-refractivity contribution in [1.82, 2.24) is 24.9 Å². The first kappa shape index (κ1) is 22.4. The predicted molar refractivity (Wildman–Crippen MR) is 134 cm³/mol. The second kappa shape index (κ2) is 9.85. The molecule has 0 amide bonds. The summed E-state index contributed by atoms with van der Waals surface area (Å²) in [6.07, 6.45) is 5.88. The highest BCUT2D eigenvalue weighted by Gasteiger charge is 2.21. The zero-order valence-electron chi connectivity index (χ0n) is 18.2. The number of nitrogens with one attached hydrogen (secondary N) is 3. The molecular formula is C24H22Cl2N8. The van der Waals surface area contributed by atoms with E-state index < -0.39 is 0 Å². The molecule has 1 fully saturated rings. The summed E-state index contributed by atoms with van der Waals surface area (Å²) in [6.45, 7) is 1.93. The first-order valence-electron chi connectivity index (χ1n) is 11.0. The maximum Gasteiger partial charge on any atom is 0.152 e. The molecule has 8 nitrogen and oxygen atoms in total. The molecule has 172 valence electrons. The average molecular weight is 493 g/mol. The fourth-order valence-corrected chi connectivity index (χ4v) is 4.06. The van der Waals surface area contributed by atoms with E-state index >= 15 is 0 Å². The molecule has 0 radical (unpaired) electrons. The molecule has 34 heavy (non-hydrogen) atoms. The van der Waals surface area contributed by atoms with E-state index in [1.54, 1.807) is 30.5 Å². The van der Waals surface area contributed by atoms with Gasteiger partial charge in [0.2, 0.25) is 0 Å². The Morgan fingerprint density at radius 3 is 2.68 bits per heavy atom. The van der Waals surface area contributed by atoms with E-state index in [-0.39, 0.29) is 0 Å². The van der Waals surface area contributed by atoms with Crippen LogP contribution in [0.1, 0.15) is 24.1 Å². The van der Waals surface area contributed by atoms with Gasteiger partial charge >= 0.3 is 0 Å². The van der Waals surface area contributed by atoms with Crippen LogP contribution in [0.15, 0.2) is 48.8 Å². The highest BCUT2D eigenvalue weighted by Crippen LogP contribution is 2.31. The van der Waals surface area contributed by atoms with Crippen LogP contribution in [0.25, 0.3) is 16.8 Å². The lowest BCUT2D eigenvalue weighted by Gasteiger charge is -2.12. The Morgan fingerprint density at radius 2 is 1.94 bits per heavy atom. The Balaban J connectivity index is 1.37. The molecule has 1 aromatic carbocycles. The van der Waals surface area contributed by atoms with Gasteiger partial charge in [-0.1, -0.05) is 23.2 Å². The standard InChI is InChI=1S/C24H22Cl2N8/c25-16-2-5-19(20(26)9-16)21-14-34-22(10-18(33-34)13-30-17-3-4-17)24(32-21)29-8-7-28-23-6-1-15(11-27)12-31-23/h1-2,5-6,9-10,12,14,17,30H,3-4,7-8,13H2,(H,28,31)(H,29,32). The highest BCUT2D eigenvalue weighted by atomic mass is 35.5. The second-order valence-corrected chi connectivity index (χ2v) is 8.96. The van der Waals surface area contributed by atoms with Crippen molar-refractivity contribution in [3.05, 3.63) is 70.1 Å². The van der Waals surface area contributed by atoms with Crippen LogP contribution < -0.4 is 16.0 Å². The first-order valence-corrected chi connectivity index (χ1v) is 11.8. The van der Waals surface area contributed by atoms with Gasteiger partial charge < -0.3 is 16.0 Å². The number of nitriles is 1. The summed E-state index contributed by atoms with van der Waals surface area (Å²) >= 11 is 12.5. The van der Waals surface area contributed by atoms with Gasteiger partial charge in [-0.15, -0.1) is 0 Å². The van der Waals surface area contributed by atoms with Crippen LogP contribution in [0.3, 0.4) is 0 Å². The van der Waals surface area contributed by atoms with E-state index in [2.05, 4.69) is 27.0 Å². The maximum absolute atomic E-state index is 8.90. The Bertz CT molecular complexity index is 1360. The fraction of sp³-hybridized carbons (Fsp3) is 0.250. The molecule has 0 aliphatic heterocycles. The molecule has 1 aliphatic rings. The lowest BCUT2D eigenvalue weighted by Crippen LogP contribution is -2.15. The molecule has 5 rings (SSSR count). The summed E-state index contributed by atoms with van der Waals surface area (Å²) in [4.78, 5) is 9.08. The van der Waals surface area contributed by atoms with Crippen LogP contribution in [0.2, 0.25) is 10.0 Å². The zero-order valence-corrected chi connectivity index (χ0v) is 19.7. The van der Waals surface area contributed by atoms with Gasteiger partial charge in [0, 0.05) is 42.5 Å². The van der Waals surface area contributed by atoms with Gasteiger partial charge in [0.1, 0.15) is 17.4 Å². The third kappa shape index (κ3) is 5.23. The molecule has 3 N–H and O–H groups in total. The SMILES string of the molecule is N#Cc1ccc(NCCNc2nc(-c3ccc(Cl)cc3Cl)cn3nc(CNC4CC4)cc23)nc1. The monoisotopic (exact) mass is 492 g/mol. The summed E-state index contributed by atoms with van der Waals surface area (Å²) in [6, 6.07) is 13.6. The van der Waals surface area contributed by atoms with Gasteiger partial charge in [-0.3, -0.25) is 0 Å². The fourth-order valence-electron chi connectivity index (χ4n) is 3.56. The number of fused-ring (bicyclic) bond motifs is 1. The Hall–Kier alpha value is -3.38. The lowest BCUT2D eigenvalue weighted by molar-refractivity contribution is 0.668. The number of pyridine rings is 1. The molecule has 0 atom stereocenters. The molecule has 3 aromatic heterocycles. The van der Waals surface area contributed by atoms with Crippen LogP contribution in [0.4, 0.5) is 11.6 Å². The van der Waals surface area contributed by atoms with Crippen LogP contribution in [-0.2, 0) is 6.54 Å². The molecule has 1 saturated carbocycles. The van der Waals surface area contributed by atoms with Crippen molar-refractivity contribution in [2.45, 2.75) is 25.4 Å². The number of nitrogens with zero attached hydrogens (tertiary/aromatic N) is 5. The normalized spacial score (nSPS) is 13.1. The number of aromatic nitrogens is 4. The molecule has 0 unspecified atom stereocenters. The van der Waals surface area contributed by atoms with Gasteiger partial charge in [-0.2, -0.15) is 10.4 Å². The smallest absolute Gasteiger partial charge is 0.152 e. The molecule has 4 aromatic rings. The summed E-state index contributed by atoms with van der Waals surface area (Å²) < 4.78 is 1.84. The van der Waals surface area contributed by atoms with E-state index in [1.807, 2.05) is 22.8 Å². The summed E-state index contributed by atoms with van der Waals surface area (Å²) in [7, 11) is 0. The minimum Gasteiger partial charge on any atom is -0.368 e. The topological polar surface area (TPSA) is 103 Å². The molecule has 3 heterocycles. The van der Waals surface area contributed by atoms with Crippen molar-refractivity contribution in [3.8, 4) is 17.3 Å². The van der Waals surface area contributed by atoms with Crippen LogP contribution >= 0.6 is 23.2 Å². The van der Waals surface area contributed by atoms with E-state index in [1.165, 1.54) is 12.8 Å². The van der Waals surface area contributed by atoms with Gasteiger partial charge in [-0.25, -0.2) is 14.5 Å². The zero-order chi connectivity index (χ0) is 23.5. The third-order valence-electron chi connectivity index (χ3n) is 5.48. The van der Waals surface area contributed by atoms with E-state index in [0.29, 0.717) is 52.1 Å². The van der Waals surface area contributed by atoms with Gasteiger partial charge in [0.05, 0.1) is 28.2 Å². The average Bonchev–Trinajstić information content (AvgIpc) is 3.58. The number of hydrogen-bond acceptors (Lipinski definition) is 7. The van der Waals surface area contributed by atoms with E-state index in [0.717, 1.165) is 23.3 Å². The minimum atomic E-state index is 0.528. The highest BCUT2D eigenvalue weighted by molar-refractivity contribution is 6.36. The minimum absolute atomic E-state index is 0.528. The van der Waals surface area contributed by atoms with Crippen molar-refractivity contribution < 1.29 is 0 Å². The predicted octanol–water partition coefficient (Wildman–Crippen LogP) is 4.75. The van der Waals surface area contributed by atoms with Crippen molar-refractivity contribution >= 4 is 40.4 Å². The number of anilines is 2. The van der Waals surface area contributed by atoms with Crippen molar-refractivity contribution in [2.75, 3.05) is 23.7 Å². The number of rotatable bonds is 9. The van der Waals surface area contributed by atoms with Gasteiger partial charge in [0.15, 0.2) is 5.82 Å². The summed E-state index contributed by atoms with van der Waals surface area (Å²) in [5.41, 5.74) is 3.85. The number of hydrogen-bond donors (Lipinski definition) is 3. The Labute approximate surface area is 206 Å². The summed E-state index contributed by atoms with van der Waals surface area (Å²) in [5, 5.41) is 24.9. The van der Waals surface area contributed by atoms with Crippen molar-refractivity contribution in [3.63, 3.8) is 0 Å². The molecule has 1 aliphatic carbocycles. The maximum atomic E-state index is 8.90. The molecule has 0 bridgehead atoms. The van der Waals surface area contributed by atoms with Crippen LogP contribution in [0.5, 0.6) is 0 Å². The largest absolute Gasteiger partial charge is 0.368 e. The molecule has 0 spiro atoms. The number of halogens is 2. The van der Waals surface area contributed by atoms with E-state index in [9.17, 15) is 0 Å². The first-order chi connectivity index (χ1) is 16.6. The second-order valence-electron chi connectivity index (χ2n) is 8.12. The molecular weight excluding hydrogens is 471 g/mol. The molecule has 10 heteroatoms. The lowest BCUT2D eigenvalue weighted by atomic mass is 10.1. The van der Waals surface area contributed by atoms with Gasteiger partial charge in [-0.05, 0) is 49.2 Å². The van der Waals surface area contributed by atoms with Crippen molar-refractivity contribution in [1.29, 1.82) is 5.26 Å². The Kier molecular flexibility index (Phi) is 6.50. The molecule has 0 saturated heterocycles. The third-order valence-corrected chi connectivity index (χ3v) is 6.03. The van der Waals surface area contributed by atoms with E-state index in [4.69, 9.17) is 38.5 Å². The van der Waals surface area contributed by atoms with Crippen LogP contribution in [-0.4, -0.2) is 38.7 Å².